The van der Waals surface area contributed by atoms with Crippen LogP contribution in [0.3, 0.4) is 0 Å². The Labute approximate surface area is 122 Å². The quantitative estimate of drug-likeness (QED) is 0.917. The van der Waals surface area contributed by atoms with Crippen molar-refractivity contribution in [2.45, 2.75) is 25.8 Å². The standard InChI is InChI=1S/C17H26N2O/c1-13-12-20-16-8-4-3-7-15(16)17(13)18-10-14-6-5-9-19(2)11-14/h3-4,7-8,13-14,17-18H,5-6,9-12H2,1-2H3. The molecule has 3 rings (SSSR count). The molecule has 2 aliphatic heterocycles. The molecule has 2 aliphatic rings. The van der Waals surface area contributed by atoms with Crippen molar-refractivity contribution < 1.29 is 4.74 Å². The minimum absolute atomic E-state index is 0.437. The van der Waals surface area contributed by atoms with Crippen molar-refractivity contribution in [3.05, 3.63) is 29.8 Å². The van der Waals surface area contributed by atoms with E-state index >= 15 is 0 Å². The van der Waals surface area contributed by atoms with Gasteiger partial charge in [0.15, 0.2) is 0 Å². The smallest absolute Gasteiger partial charge is 0.124 e. The Bertz CT molecular complexity index is 448. The molecule has 3 heteroatoms. The van der Waals surface area contributed by atoms with Crippen LogP contribution in [0, 0.1) is 11.8 Å². The number of hydrogen-bond donors (Lipinski definition) is 1. The Morgan fingerprint density at radius 3 is 3.05 bits per heavy atom. The molecule has 20 heavy (non-hydrogen) atoms. The second-order valence-corrected chi connectivity index (χ2v) is 6.48. The van der Waals surface area contributed by atoms with Gasteiger partial charge < -0.3 is 15.0 Å². The highest BCUT2D eigenvalue weighted by Gasteiger charge is 2.28. The van der Waals surface area contributed by atoms with E-state index in [0.717, 1.165) is 24.8 Å². The number of hydrogen-bond acceptors (Lipinski definition) is 3. The van der Waals surface area contributed by atoms with E-state index in [1.807, 2.05) is 0 Å². The SMILES string of the molecule is CC1COc2ccccc2C1NCC1CCCN(C)C1. The first-order valence-electron chi connectivity index (χ1n) is 7.87. The average molecular weight is 274 g/mol. The van der Waals surface area contributed by atoms with Gasteiger partial charge in [-0.2, -0.15) is 0 Å². The maximum absolute atomic E-state index is 5.83. The van der Waals surface area contributed by atoms with Gasteiger partial charge in [0.1, 0.15) is 5.75 Å². The normalized spacial score (nSPS) is 30.6. The summed E-state index contributed by atoms with van der Waals surface area (Å²) in [6.45, 7) is 6.70. The lowest BCUT2D eigenvalue weighted by Crippen LogP contribution is -2.41. The van der Waals surface area contributed by atoms with E-state index in [2.05, 4.69) is 48.5 Å². The van der Waals surface area contributed by atoms with Crippen LogP contribution in [0.2, 0.25) is 0 Å². The highest BCUT2D eigenvalue weighted by atomic mass is 16.5. The van der Waals surface area contributed by atoms with Crippen molar-refractivity contribution in [1.29, 1.82) is 0 Å². The van der Waals surface area contributed by atoms with E-state index in [0.29, 0.717) is 12.0 Å². The third-order valence-electron chi connectivity index (χ3n) is 4.67. The topological polar surface area (TPSA) is 24.5 Å². The predicted molar refractivity (Wildman–Crippen MR) is 82.1 cm³/mol. The number of rotatable bonds is 3. The zero-order valence-corrected chi connectivity index (χ0v) is 12.6. The molecule has 3 atom stereocenters. The van der Waals surface area contributed by atoms with Crippen LogP contribution >= 0.6 is 0 Å². The molecule has 0 amide bonds. The molecule has 110 valence electrons. The number of nitrogens with one attached hydrogen (secondary N) is 1. The molecule has 0 spiro atoms. The molecule has 3 unspecified atom stereocenters. The van der Waals surface area contributed by atoms with E-state index in [9.17, 15) is 0 Å². The first-order chi connectivity index (χ1) is 9.74. The fraction of sp³-hybridized carbons (Fsp3) is 0.647. The van der Waals surface area contributed by atoms with Crippen LogP contribution in [0.5, 0.6) is 5.75 Å². The monoisotopic (exact) mass is 274 g/mol. The largest absolute Gasteiger partial charge is 0.493 e. The molecule has 3 nitrogen and oxygen atoms in total. The Kier molecular flexibility index (Phi) is 4.27. The molecule has 1 N–H and O–H groups in total. The fourth-order valence-electron chi connectivity index (χ4n) is 3.54. The van der Waals surface area contributed by atoms with Crippen molar-refractivity contribution in [2.75, 3.05) is 33.3 Å². The Morgan fingerprint density at radius 1 is 1.35 bits per heavy atom. The number of nitrogens with zero attached hydrogens (tertiary/aromatic N) is 1. The molecule has 0 aromatic heterocycles. The highest BCUT2D eigenvalue weighted by molar-refractivity contribution is 5.37. The van der Waals surface area contributed by atoms with E-state index in [1.54, 1.807) is 0 Å². The molecule has 2 heterocycles. The third kappa shape index (κ3) is 2.99. The van der Waals surface area contributed by atoms with Crippen LogP contribution in [-0.2, 0) is 0 Å². The van der Waals surface area contributed by atoms with Crippen molar-refractivity contribution in [3.63, 3.8) is 0 Å². The van der Waals surface area contributed by atoms with Gasteiger partial charge in [0.25, 0.3) is 0 Å². The van der Waals surface area contributed by atoms with Crippen LogP contribution in [0.25, 0.3) is 0 Å². The van der Waals surface area contributed by atoms with Gasteiger partial charge in [0, 0.05) is 24.1 Å². The fourth-order valence-corrected chi connectivity index (χ4v) is 3.54. The zero-order valence-electron chi connectivity index (χ0n) is 12.6. The summed E-state index contributed by atoms with van der Waals surface area (Å²) >= 11 is 0. The van der Waals surface area contributed by atoms with Gasteiger partial charge in [-0.15, -0.1) is 0 Å². The predicted octanol–water partition coefficient (Wildman–Crippen LogP) is 2.69. The van der Waals surface area contributed by atoms with Crippen LogP contribution in [0.4, 0.5) is 0 Å². The van der Waals surface area contributed by atoms with Gasteiger partial charge in [-0.25, -0.2) is 0 Å². The van der Waals surface area contributed by atoms with Gasteiger partial charge in [0.2, 0.25) is 0 Å². The van der Waals surface area contributed by atoms with Crippen LogP contribution in [0.1, 0.15) is 31.4 Å². The molecule has 1 fully saturated rings. The molecule has 1 aromatic carbocycles. The van der Waals surface area contributed by atoms with E-state index in [1.165, 1.54) is 31.5 Å². The second kappa shape index (κ2) is 6.15. The molecule has 0 radical (unpaired) electrons. The number of piperidine rings is 1. The summed E-state index contributed by atoms with van der Waals surface area (Å²) in [5.41, 5.74) is 1.33. The molecule has 0 saturated carbocycles. The summed E-state index contributed by atoms with van der Waals surface area (Å²) in [7, 11) is 2.23. The van der Waals surface area contributed by atoms with Gasteiger partial charge in [-0.3, -0.25) is 0 Å². The number of benzene rings is 1. The Hall–Kier alpha value is -1.06. The summed E-state index contributed by atoms with van der Waals surface area (Å²) in [5, 5.41) is 3.81. The first-order valence-corrected chi connectivity index (χ1v) is 7.87. The highest BCUT2D eigenvalue weighted by Crippen LogP contribution is 2.35. The van der Waals surface area contributed by atoms with Gasteiger partial charge in [-0.1, -0.05) is 25.1 Å². The van der Waals surface area contributed by atoms with E-state index in [-0.39, 0.29) is 0 Å². The van der Waals surface area contributed by atoms with Crippen molar-refractivity contribution >= 4 is 0 Å². The molecule has 0 aliphatic carbocycles. The van der Waals surface area contributed by atoms with Gasteiger partial charge in [-0.05, 0) is 45.0 Å². The zero-order chi connectivity index (χ0) is 13.9. The van der Waals surface area contributed by atoms with E-state index in [4.69, 9.17) is 4.74 Å². The Morgan fingerprint density at radius 2 is 2.20 bits per heavy atom. The summed E-state index contributed by atoms with van der Waals surface area (Å²) in [5.74, 6) is 2.38. The van der Waals surface area contributed by atoms with Crippen LogP contribution in [-0.4, -0.2) is 38.2 Å². The molecular weight excluding hydrogens is 248 g/mol. The third-order valence-corrected chi connectivity index (χ3v) is 4.67. The maximum atomic E-state index is 5.83. The molecular formula is C17H26N2O. The maximum Gasteiger partial charge on any atom is 0.124 e. The van der Waals surface area contributed by atoms with Crippen molar-refractivity contribution in [2.24, 2.45) is 11.8 Å². The Balaban J connectivity index is 1.64. The number of ether oxygens (including phenoxy) is 1. The summed E-state index contributed by atoms with van der Waals surface area (Å²) in [6, 6.07) is 8.90. The summed E-state index contributed by atoms with van der Waals surface area (Å²) < 4.78 is 5.83. The van der Waals surface area contributed by atoms with Gasteiger partial charge >= 0.3 is 0 Å². The minimum atomic E-state index is 0.437. The summed E-state index contributed by atoms with van der Waals surface area (Å²) in [4.78, 5) is 2.46. The lowest BCUT2D eigenvalue weighted by molar-refractivity contribution is 0.167. The number of fused-ring (bicyclic) bond motifs is 1. The average Bonchev–Trinajstić information content (AvgIpc) is 2.46. The van der Waals surface area contributed by atoms with Crippen LogP contribution < -0.4 is 10.1 Å². The minimum Gasteiger partial charge on any atom is -0.493 e. The number of likely N-dealkylation sites (tertiary alicyclic amines) is 1. The van der Waals surface area contributed by atoms with Crippen molar-refractivity contribution in [3.8, 4) is 5.75 Å². The first kappa shape index (κ1) is 13.9. The molecule has 0 bridgehead atoms. The van der Waals surface area contributed by atoms with Crippen LogP contribution in [0.15, 0.2) is 24.3 Å². The lowest BCUT2D eigenvalue weighted by Gasteiger charge is -2.35. The molecule has 1 aromatic rings. The van der Waals surface area contributed by atoms with E-state index < -0.39 is 0 Å². The second-order valence-electron chi connectivity index (χ2n) is 6.48. The van der Waals surface area contributed by atoms with Crippen molar-refractivity contribution in [1.82, 2.24) is 10.2 Å². The molecule has 1 saturated heterocycles. The van der Waals surface area contributed by atoms with Gasteiger partial charge in [0.05, 0.1) is 6.61 Å². The summed E-state index contributed by atoms with van der Waals surface area (Å²) in [6.07, 6.45) is 2.69. The lowest BCUT2D eigenvalue weighted by atomic mass is 9.90. The number of para-hydroxylation sites is 1.